The van der Waals surface area contributed by atoms with Crippen LogP contribution in [0.3, 0.4) is 0 Å². The minimum absolute atomic E-state index is 0.00834. The molecule has 1 nitrogen and oxygen atoms in total. The highest BCUT2D eigenvalue weighted by Crippen LogP contribution is 2.54. The van der Waals surface area contributed by atoms with Crippen LogP contribution >= 0.6 is 45.5 Å². The van der Waals surface area contributed by atoms with Crippen LogP contribution in [0.15, 0.2) is 84.2 Å². The largest absolute Gasteiger partial charge is 0.307 e. The predicted octanol–water partition coefficient (Wildman–Crippen LogP) is 11.2. The Bertz CT molecular complexity index is 1660. The number of hydrogen-bond donors (Lipinski definition) is 0. The molecule has 0 unspecified atom stereocenters. The van der Waals surface area contributed by atoms with Crippen molar-refractivity contribution in [2.75, 3.05) is 4.90 Å². The first-order valence-corrected chi connectivity index (χ1v) is 14.9. The normalized spacial score (nSPS) is 14.0. The number of hydrogen-bond acceptors (Lipinski definition) is 2. The van der Waals surface area contributed by atoms with Crippen molar-refractivity contribution in [1.29, 1.82) is 0 Å². The number of benzene rings is 4. The zero-order valence-corrected chi connectivity index (χ0v) is 25.4. The summed E-state index contributed by atoms with van der Waals surface area (Å²) < 4.78 is 2.38. The van der Waals surface area contributed by atoms with Crippen LogP contribution < -0.4 is 4.90 Å². The lowest BCUT2D eigenvalue weighted by atomic mass is 9.82. The van der Waals surface area contributed by atoms with E-state index in [0.717, 1.165) is 25.7 Å². The smallest absolute Gasteiger partial charge is 0.0780 e. The van der Waals surface area contributed by atoms with Gasteiger partial charge >= 0.3 is 0 Å². The summed E-state index contributed by atoms with van der Waals surface area (Å²) in [6, 6.07) is 28.7. The highest BCUT2D eigenvalue weighted by molar-refractivity contribution is 14.1. The third-order valence-electron chi connectivity index (χ3n) is 7.67. The summed E-state index contributed by atoms with van der Waals surface area (Å²) in [6.45, 7) is 11.4. The Morgan fingerprint density at radius 2 is 1.54 bits per heavy atom. The van der Waals surface area contributed by atoms with E-state index < -0.39 is 0 Å². The van der Waals surface area contributed by atoms with Crippen LogP contribution in [-0.4, -0.2) is 0 Å². The molecular formula is C33H29ClINS. The average molecular weight is 634 g/mol. The summed E-state index contributed by atoms with van der Waals surface area (Å²) in [6.07, 6.45) is 0. The Hall–Kier alpha value is -2.34. The van der Waals surface area contributed by atoms with Crippen molar-refractivity contribution in [2.45, 2.75) is 45.4 Å². The molecule has 4 aromatic carbocycles. The van der Waals surface area contributed by atoms with Gasteiger partial charge in [-0.2, -0.15) is 0 Å². The van der Waals surface area contributed by atoms with E-state index in [1.165, 1.54) is 37.9 Å². The Morgan fingerprint density at radius 1 is 0.811 bits per heavy atom. The highest BCUT2D eigenvalue weighted by Gasteiger charge is 2.37. The fourth-order valence-corrected chi connectivity index (χ4v) is 7.41. The van der Waals surface area contributed by atoms with E-state index in [0.29, 0.717) is 0 Å². The second-order valence-electron chi connectivity index (χ2n) is 11.4. The average Bonchev–Trinajstić information content (AvgIpc) is 3.39. The molecule has 5 aromatic rings. The lowest BCUT2D eigenvalue weighted by Crippen LogP contribution is -2.14. The SMILES string of the molecule is CC(C)(C)c1ccc(N(c2cccc(I)c2Cl)c2csc3c4c(ccc23)C(C)(C)c2ccccc2-4)cc1. The molecule has 0 bridgehead atoms. The second kappa shape index (κ2) is 8.86. The number of anilines is 3. The van der Waals surface area contributed by atoms with Gasteiger partial charge in [0.15, 0.2) is 0 Å². The van der Waals surface area contributed by atoms with E-state index in [1.54, 1.807) is 0 Å². The van der Waals surface area contributed by atoms with Crippen LogP contribution in [0.1, 0.15) is 51.3 Å². The van der Waals surface area contributed by atoms with Gasteiger partial charge in [0.1, 0.15) is 0 Å². The zero-order valence-electron chi connectivity index (χ0n) is 21.7. The molecule has 6 rings (SSSR count). The summed E-state index contributed by atoms with van der Waals surface area (Å²) in [4.78, 5) is 2.33. The standard InChI is InChI=1S/C33H29ClINS/c1-32(2,3)20-13-15-21(16-14-20)36(27-12-8-11-26(35)30(27)34)28-19-37-31-23(28)17-18-25-29(31)22-9-6-7-10-24(22)33(25,4)5/h6-19H,1-5H3. The van der Waals surface area contributed by atoms with Crippen LogP contribution in [0.5, 0.6) is 0 Å². The molecule has 0 aliphatic heterocycles. The van der Waals surface area contributed by atoms with Gasteiger partial charge in [0.2, 0.25) is 0 Å². The van der Waals surface area contributed by atoms with Crippen LogP contribution in [0.25, 0.3) is 21.2 Å². The van der Waals surface area contributed by atoms with Crippen LogP contribution in [0.2, 0.25) is 5.02 Å². The van der Waals surface area contributed by atoms with Crippen LogP contribution in [0, 0.1) is 3.57 Å². The molecule has 1 aromatic heterocycles. The molecular weight excluding hydrogens is 605 g/mol. The van der Waals surface area contributed by atoms with Crippen LogP contribution in [0.4, 0.5) is 17.1 Å². The highest BCUT2D eigenvalue weighted by atomic mass is 127. The molecule has 1 aliphatic rings. The number of nitrogens with zero attached hydrogens (tertiary/aromatic N) is 1. The molecule has 0 saturated heterocycles. The molecule has 0 saturated carbocycles. The van der Waals surface area contributed by atoms with Gasteiger partial charge in [-0.15, -0.1) is 11.3 Å². The maximum absolute atomic E-state index is 6.96. The lowest BCUT2D eigenvalue weighted by molar-refractivity contribution is 0.590. The molecule has 4 heteroatoms. The summed E-state index contributed by atoms with van der Waals surface area (Å²) in [7, 11) is 0. The molecule has 0 amide bonds. The van der Waals surface area contributed by atoms with Crippen molar-refractivity contribution < 1.29 is 0 Å². The molecule has 1 heterocycles. The molecule has 186 valence electrons. The summed E-state index contributed by atoms with van der Waals surface area (Å²) in [5.74, 6) is 0. The zero-order chi connectivity index (χ0) is 26.1. The summed E-state index contributed by atoms with van der Waals surface area (Å²) >= 11 is 11.1. The van der Waals surface area contributed by atoms with E-state index in [2.05, 4.69) is 146 Å². The van der Waals surface area contributed by atoms with Gasteiger partial charge in [-0.25, -0.2) is 0 Å². The fourth-order valence-electron chi connectivity index (χ4n) is 5.62. The topological polar surface area (TPSA) is 3.24 Å². The van der Waals surface area contributed by atoms with E-state index in [-0.39, 0.29) is 10.8 Å². The minimum atomic E-state index is -0.00834. The minimum Gasteiger partial charge on any atom is -0.307 e. The number of rotatable bonds is 3. The first-order chi connectivity index (χ1) is 17.6. The quantitative estimate of drug-likeness (QED) is 0.179. The van der Waals surface area contributed by atoms with Crippen molar-refractivity contribution in [3.63, 3.8) is 0 Å². The Morgan fingerprint density at radius 3 is 2.27 bits per heavy atom. The van der Waals surface area contributed by atoms with Gasteiger partial charge in [-0.05, 0) is 74.5 Å². The first-order valence-electron chi connectivity index (χ1n) is 12.6. The Kier molecular flexibility index (Phi) is 5.98. The molecule has 37 heavy (non-hydrogen) atoms. The van der Waals surface area contributed by atoms with Gasteiger partial charge in [0.25, 0.3) is 0 Å². The summed E-state index contributed by atoms with van der Waals surface area (Å²) in [5.41, 5.74) is 10.2. The molecule has 0 atom stereocenters. The van der Waals surface area contributed by atoms with E-state index in [1.807, 2.05) is 11.3 Å². The van der Waals surface area contributed by atoms with Gasteiger partial charge < -0.3 is 4.90 Å². The first kappa shape index (κ1) is 25.0. The summed E-state index contributed by atoms with van der Waals surface area (Å²) in [5, 5.41) is 4.33. The second-order valence-corrected chi connectivity index (χ2v) is 13.8. The third kappa shape index (κ3) is 3.93. The maximum atomic E-state index is 6.96. The number of thiophene rings is 1. The van der Waals surface area contributed by atoms with Crippen molar-refractivity contribution in [3.8, 4) is 11.1 Å². The number of halogens is 2. The van der Waals surface area contributed by atoms with E-state index >= 15 is 0 Å². The van der Waals surface area contributed by atoms with Gasteiger partial charge in [0.05, 0.1) is 16.4 Å². The lowest BCUT2D eigenvalue weighted by Gasteiger charge is -2.27. The van der Waals surface area contributed by atoms with Crippen molar-refractivity contribution in [3.05, 3.63) is 110 Å². The molecule has 0 spiro atoms. The monoisotopic (exact) mass is 633 g/mol. The molecule has 0 fully saturated rings. The van der Waals surface area contributed by atoms with Crippen molar-refractivity contribution in [1.82, 2.24) is 0 Å². The predicted molar refractivity (Wildman–Crippen MR) is 170 cm³/mol. The van der Waals surface area contributed by atoms with Crippen LogP contribution in [-0.2, 0) is 10.8 Å². The number of fused-ring (bicyclic) bond motifs is 5. The Balaban J connectivity index is 1.60. The molecule has 1 aliphatic carbocycles. The van der Waals surface area contributed by atoms with Gasteiger partial charge in [-0.1, -0.05) is 101 Å². The van der Waals surface area contributed by atoms with E-state index in [9.17, 15) is 0 Å². The fraction of sp³-hybridized carbons (Fsp3) is 0.212. The van der Waals surface area contributed by atoms with E-state index in [4.69, 9.17) is 11.6 Å². The molecule has 0 N–H and O–H groups in total. The van der Waals surface area contributed by atoms with Gasteiger partial charge in [-0.3, -0.25) is 0 Å². The Labute approximate surface area is 242 Å². The van der Waals surface area contributed by atoms with Gasteiger partial charge in [0, 0.05) is 35.7 Å². The maximum Gasteiger partial charge on any atom is 0.0780 e. The van der Waals surface area contributed by atoms with Crippen molar-refractivity contribution >= 4 is 72.7 Å². The third-order valence-corrected chi connectivity index (χ3v) is 10.3. The van der Waals surface area contributed by atoms with Crippen molar-refractivity contribution in [2.24, 2.45) is 0 Å². The molecule has 0 radical (unpaired) electrons.